The molecule has 5 heteroatoms. The Morgan fingerprint density at radius 2 is 2.22 bits per heavy atom. The largest absolute Gasteiger partial charge is 0.396 e. The van der Waals surface area contributed by atoms with Gasteiger partial charge in [0.15, 0.2) is 0 Å². The Morgan fingerprint density at radius 3 is 2.89 bits per heavy atom. The Labute approximate surface area is 116 Å². The number of carbonyl (C=O) groups excluding carboxylic acids is 1. The summed E-state index contributed by atoms with van der Waals surface area (Å²) in [4.78, 5) is 11.5. The molecule has 0 aliphatic rings. The van der Waals surface area contributed by atoms with Crippen molar-refractivity contribution in [1.82, 2.24) is 5.32 Å². The summed E-state index contributed by atoms with van der Waals surface area (Å²) in [5, 5.41) is 12.5. The molecule has 0 heterocycles. The number of halogens is 2. The van der Waals surface area contributed by atoms with Crippen molar-refractivity contribution in [3.63, 3.8) is 0 Å². The molecule has 1 aromatic carbocycles. The summed E-state index contributed by atoms with van der Waals surface area (Å²) < 4.78 is 0. The second kappa shape index (κ2) is 7.41. The van der Waals surface area contributed by atoms with Gasteiger partial charge in [0.05, 0.1) is 0 Å². The minimum absolute atomic E-state index is 0.0469. The lowest BCUT2D eigenvalue weighted by atomic mass is 10.2. The average Bonchev–Trinajstić information content (AvgIpc) is 2.30. The predicted octanol–water partition coefficient (Wildman–Crippen LogP) is 2.89. The molecule has 0 aromatic heterocycles. The second-order valence-electron chi connectivity index (χ2n) is 3.92. The first kappa shape index (κ1) is 15.0. The fraction of sp³-hybridized carbons (Fsp3) is 0.308. The molecule has 2 N–H and O–H groups in total. The van der Waals surface area contributed by atoms with Crippen LogP contribution >= 0.6 is 23.2 Å². The van der Waals surface area contributed by atoms with Crippen LogP contribution in [-0.4, -0.2) is 23.7 Å². The van der Waals surface area contributed by atoms with E-state index in [9.17, 15) is 4.79 Å². The molecule has 98 valence electrons. The smallest absolute Gasteiger partial charge is 0.244 e. The van der Waals surface area contributed by atoms with Crippen LogP contribution in [0.3, 0.4) is 0 Å². The summed E-state index contributed by atoms with van der Waals surface area (Å²) in [5.74, 6) is -0.230. The van der Waals surface area contributed by atoms with Crippen LogP contribution in [0.25, 0.3) is 6.08 Å². The number of hydrogen-bond acceptors (Lipinski definition) is 2. The molecule has 0 bridgehead atoms. The van der Waals surface area contributed by atoms with Gasteiger partial charge in [-0.25, -0.2) is 0 Å². The highest BCUT2D eigenvalue weighted by molar-refractivity contribution is 6.34. The van der Waals surface area contributed by atoms with Crippen LogP contribution < -0.4 is 5.32 Å². The third-order valence-electron chi connectivity index (χ3n) is 2.32. The van der Waals surface area contributed by atoms with Crippen LogP contribution in [0, 0.1) is 0 Å². The first-order chi connectivity index (χ1) is 8.52. The molecule has 1 rings (SSSR count). The molecular weight excluding hydrogens is 273 g/mol. The summed E-state index contributed by atoms with van der Waals surface area (Å²) in [5.41, 5.74) is 0.689. The van der Waals surface area contributed by atoms with Gasteiger partial charge >= 0.3 is 0 Å². The van der Waals surface area contributed by atoms with E-state index in [1.807, 2.05) is 6.92 Å². The highest BCUT2D eigenvalue weighted by Crippen LogP contribution is 2.21. The van der Waals surface area contributed by atoms with Gasteiger partial charge in [0.25, 0.3) is 0 Å². The summed E-state index contributed by atoms with van der Waals surface area (Å²) >= 11 is 11.8. The van der Waals surface area contributed by atoms with E-state index >= 15 is 0 Å². The van der Waals surface area contributed by atoms with Crippen LogP contribution in [-0.2, 0) is 4.79 Å². The zero-order chi connectivity index (χ0) is 13.5. The minimum atomic E-state index is -0.230. The van der Waals surface area contributed by atoms with Gasteiger partial charge in [-0.2, -0.15) is 0 Å². The lowest BCUT2D eigenvalue weighted by molar-refractivity contribution is -0.117. The van der Waals surface area contributed by atoms with Crippen molar-refractivity contribution in [3.05, 3.63) is 39.9 Å². The SMILES string of the molecule is CC(CCO)NC(=O)/C=C/c1cc(Cl)ccc1Cl. The van der Waals surface area contributed by atoms with Crippen molar-refractivity contribution in [1.29, 1.82) is 0 Å². The first-order valence-electron chi connectivity index (χ1n) is 5.57. The maximum Gasteiger partial charge on any atom is 0.244 e. The third-order valence-corrected chi connectivity index (χ3v) is 2.90. The number of aliphatic hydroxyl groups excluding tert-OH is 1. The van der Waals surface area contributed by atoms with Crippen molar-refractivity contribution in [2.75, 3.05) is 6.61 Å². The summed E-state index contributed by atoms with van der Waals surface area (Å²) in [7, 11) is 0. The van der Waals surface area contributed by atoms with Crippen LogP contribution in [0.4, 0.5) is 0 Å². The molecule has 1 unspecified atom stereocenters. The number of hydrogen-bond donors (Lipinski definition) is 2. The molecule has 0 aliphatic heterocycles. The van der Waals surface area contributed by atoms with E-state index in [4.69, 9.17) is 28.3 Å². The van der Waals surface area contributed by atoms with Gasteiger partial charge in [-0.1, -0.05) is 23.2 Å². The third kappa shape index (κ3) is 5.08. The summed E-state index contributed by atoms with van der Waals surface area (Å²) in [6.07, 6.45) is 3.53. The second-order valence-corrected chi connectivity index (χ2v) is 4.76. The fourth-order valence-electron chi connectivity index (χ4n) is 1.36. The van der Waals surface area contributed by atoms with E-state index in [2.05, 4.69) is 5.32 Å². The molecule has 0 saturated heterocycles. The highest BCUT2D eigenvalue weighted by Gasteiger charge is 2.04. The standard InChI is InChI=1S/C13H15Cl2NO2/c1-9(6-7-17)16-13(18)5-2-10-8-11(14)3-4-12(10)15/h2-5,8-9,17H,6-7H2,1H3,(H,16,18)/b5-2+. The van der Waals surface area contributed by atoms with Crippen LogP contribution in [0.15, 0.2) is 24.3 Å². The maximum absolute atomic E-state index is 11.5. The summed E-state index contributed by atoms with van der Waals surface area (Å²) in [6, 6.07) is 4.98. The highest BCUT2D eigenvalue weighted by atomic mass is 35.5. The van der Waals surface area contributed by atoms with E-state index in [1.165, 1.54) is 6.08 Å². The molecule has 3 nitrogen and oxygen atoms in total. The number of carbonyl (C=O) groups is 1. The maximum atomic E-state index is 11.5. The van der Waals surface area contributed by atoms with Gasteiger partial charge in [0.1, 0.15) is 0 Å². The normalized spacial score (nSPS) is 12.7. The predicted molar refractivity (Wildman–Crippen MR) is 74.8 cm³/mol. The first-order valence-corrected chi connectivity index (χ1v) is 6.33. The zero-order valence-electron chi connectivity index (χ0n) is 9.99. The van der Waals surface area contributed by atoms with Crippen molar-refractivity contribution < 1.29 is 9.90 Å². The Bertz CT molecular complexity index is 447. The molecule has 0 fully saturated rings. The van der Waals surface area contributed by atoms with Gasteiger partial charge in [0, 0.05) is 28.8 Å². The van der Waals surface area contributed by atoms with Crippen molar-refractivity contribution in [2.45, 2.75) is 19.4 Å². The monoisotopic (exact) mass is 287 g/mol. The number of aliphatic hydroxyl groups is 1. The Morgan fingerprint density at radius 1 is 1.50 bits per heavy atom. The molecular formula is C13H15Cl2NO2. The lowest BCUT2D eigenvalue weighted by Crippen LogP contribution is -2.31. The van der Waals surface area contributed by atoms with Crippen molar-refractivity contribution >= 4 is 35.2 Å². The average molecular weight is 288 g/mol. The van der Waals surface area contributed by atoms with E-state index in [0.717, 1.165) is 0 Å². The number of benzene rings is 1. The molecule has 0 saturated carbocycles. The fourth-order valence-corrected chi connectivity index (χ4v) is 1.73. The van der Waals surface area contributed by atoms with E-state index in [0.29, 0.717) is 22.0 Å². The van der Waals surface area contributed by atoms with E-state index < -0.39 is 0 Å². The molecule has 1 aromatic rings. The van der Waals surface area contributed by atoms with Crippen LogP contribution in [0.2, 0.25) is 10.0 Å². The van der Waals surface area contributed by atoms with Gasteiger partial charge in [0.2, 0.25) is 5.91 Å². The van der Waals surface area contributed by atoms with Gasteiger partial charge in [-0.05, 0) is 43.2 Å². The van der Waals surface area contributed by atoms with Crippen LogP contribution in [0.1, 0.15) is 18.9 Å². The number of amides is 1. The quantitative estimate of drug-likeness (QED) is 0.818. The van der Waals surface area contributed by atoms with E-state index in [-0.39, 0.29) is 18.6 Å². The Balaban J connectivity index is 2.63. The molecule has 0 radical (unpaired) electrons. The topological polar surface area (TPSA) is 49.3 Å². The molecule has 0 aliphatic carbocycles. The van der Waals surface area contributed by atoms with Gasteiger partial charge < -0.3 is 10.4 Å². The summed E-state index contributed by atoms with van der Waals surface area (Å²) in [6.45, 7) is 1.87. The van der Waals surface area contributed by atoms with Gasteiger partial charge in [-0.3, -0.25) is 4.79 Å². The van der Waals surface area contributed by atoms with Crippen molar-refractivity contribution in [3.8, 4) is 0 Å². The number of rotatable bonds is 5. The lowest BCUT2D eigenvalue weighted by Gasteiger charge is -2.09. The minimum Gasteiger partial charge on any atom is -0.396 e. The van der Waals surface area contributed by atoms with Crippen LogP contribution in [0.5, 0.6) is 0 Å². The molecule has 1 atom stereocenters. The zero-order valence-corrected chi connectivity index (χ0v) is 11.5. The van der Waals surface area contributed by atoms with Crippen molar-refractivity contribution in [2.24, 2.45) is 0 Å². The van der Waals surface area contributed by atoms with E-state index in [1.54, 1.807) is 24.3 Å². The Kier molecular flexibility index (Phi) is 6.19. The molecule has 0 spiro atoms. The molecule has 1 amide bonds. The van der Waals surface area contributed by atoms with Gasteiger partial charge in [-0.15, -0.1) is 0 Å². The molecule has 18 heavy (non-hydrogen) atoms. The Hall–Kier alpha value is -1.03. The number of nitrogens with one attached hydrogen (secondary N) is 1.